The summed E-state index contributed by atoms with van der Waals surface area (Å²) in [7, 11) is 0. The van der Waals surface area contributed by atoms with E-state index in [4.69, 9.17) is 4.74 Å². The molecule has 6 aliphatic rings. The van der Waals surface area contributed by atoms with Gasteiger partial charge in [-0.15, -0.1) is 0 Å². The van der Waals surface area contributed by atoms with Crippen LogP contribution in [0.2, 0.25) is 0 Å². The van der Waals surface area contributed by atoms with Gasteiger partial charge in [0.05, 0.1) is 5.92 Å². The average Bonchev–Trinajstić information content (AvgIpc) is 3.16. The van der Waals surface area contributed by atoms with Crippen LogP contribution >= 0.6 is 0 Å². The Morgan fingerprint density at radius 2 is 1.48 bits per heavy atom. The summed E-state index contributed by atoms with van der Waals surface area (Å²) in [5, 5.41) is 0. The van der Waals surface area contributed by atoms with Crippen LogP contribution in [0.4, 0.5) is 0 Å². The molecule has 2 nitrogen and oxygen atoms in total. The molecule has 5 unspecified atom stereocenters. The van der Waals surface area contributed by atoms with Crippen LogP contribution in [0.5, 0.6) is 0 Å². The lowest BCUT2D eigenvalue weighted by Crippen LogP contribution is -2.58. The summed E-state index contributed by atoms with van der Waals surface area (Å²) in [5.74, 6) is 6.63. The van der Waals surface area contributed by atoms with Gasteiger partial charge in [0.15, 0.2) is 0 Å². The quantitative estimate of drug-likeness (QED) is 0.634. The third kappa shape index (κ3) is 2.31. The minimum atomic E-state index is -0.141. The van der Waals surface area contributed by atoms with Crippen LogP contribution in [0.15, 0.2) is 0 Å². The minimum absolute atomic E-state index is 0.141. The Balaban J connectivity index is 1.31. The Bertz CT molecular complexity index is 524. The van der Waals surface area contributed by atoms with E-state index in [0.717, 1.165) is 36.0 Å². The highest BCUT2D eigenvalue weighted by molar-refractivity contribution is 5.74. The topological polar surface area (TPSA) is 26.3 Å². The van der Waals surface area contributed by atoms with Gasteiger partial charge in [-0.05, 0) is 99.2 Å². The van der Waals surface area contributed by atoms with Crippen molar-refractivity contribution in [3.8, 4) is 0 Å². The van der Waals surface area contributed by atoms with E-state index < -0.39 is 0 Å². The lowest BCUT2D eigenvalue weighted by molar-refractivity contribution is -0.209. The molecule has 0 aromatic carbocycles. The number of hydrogen-bond donors (Lipinski definition) is 0. The molecule has 2 heteroatoms. The van der Waals surface area contributed by atoms with Gasteiger partial charge < -0.3 is 4.74 Å². The first-order valence-corrected chi connectivity index (χ1v) is 11.3. The Hall–Kier alpha value is -0.530. The van der Waals surface area contributed by atoms with Crippen molar-refractivity contribution in [3.05, 3.63) is 0 Å². The van der Waals surface area contributed by atoms with E-state index in [1.54, 1.807) is 0 Å². The van der Waals surface area contributed by atoms with Crippen molar-refractivity contribution in [1.29, 1.82) is 0 Å². The summed E-state index contributed by atoms with van der Waals surface area (Å²) in [4.78, 5) is 13.3. The number of hydrogen-bond acceptors (Lipinski definition) is 2. The zero-order valence-electron chi connectivity index (χ0n) is 16.4. The molecule has 0 heterocycles. The van der Waals surface area contributed by atoms with Gasteiger partial charge in [-0.2, -0.15) is 0 Å². The molecule has 6 rings (SSSR count). The van der Waals surface area contributed by atoms with Crippen molar-refractivity contribution >= 4 is 5.97 Å². The number of esters is 1. The molecule has 6 bridgehead atoms. The molecule has 0 aromatic heterocycles. The van der Waals surface area contributed by atoms with Crippen molar-refractivity contribution in [2.45, 2.75) is 84.2 Å². The van der Waals surface area contributed by atoms with Gasteiger partial charge >= 0.3 is 5.97 Å². The number of fused-ring (bicyclic) bond motifs is 2. The fraction of sp³-hybridized carbons (Fsp3) is 0.957. The highest BCUT2D eigenvalue weighted by atomic mass is 16.6. The van der Waals surface area contributed by atoms with Crippen molar-refractivity contribution < 1.29 is 9.53 Å². The van der Waals surface area contributed by atoms with Crippen LogP contribution < -0.4 is 0 Å². The molecule has 0 amide bonds. The van der Waals surface area contributed by atoms with Gasteiger partial charge in [0.25, 0.3) is 0 Å². The summed E-state index contributed by atoms with van der Waals surface area (Å²) < 4.78 is 6.47. The van der Waals surface area contributed by atoms with Gasteiger partial charge in [-0.3, -0.25) is 4.79 Å². The standard InChI is InChI=1S/C23H36O2/c1-4-18-15-11-20(19(18)5-2)21(12-15)22(24)25-23(3)16-7-13-6-14(9-16)10-17(23)8-13/h13-21H,4-12H2,1-3H3. The number of carbonyl (C=O) groups excluding carboxylic acids is 1. The molecular formula is C23H36O2. The fourth-order valence-electron chi connectivity index (χ4n) is 8.69. The van der Waals surface area contributed by atoms with Crippen molar-refractivity contribution in [3.63, 3.8) is 0 Å². The summed E-state index contributed by atoms with van der Waals surface area (Å²) in [5.41, 5.74) is -0.141. The van der Waals surface area contributed by atoms with Crippen LogP contribution in [-0.4, -0.2) is 11.6 Å². The zero-order chi connectivity index (χ0) is 17.3. The number of rotatable bonds is 4. The lowest BCUT2D eigenvalue weighted by atomic mass is 9.50. The molecule has 0 saturated heterocycles. The van der Waals surface area contributed by atoms with Gasteiger partial charge in [-0.25, -0.2) is 0 Å². The van der Waals surface area contributed by atoms with E-state index in [9.17, 15) is 4.79 Å². The van der Waals surface area contributed by atoms with E-state index in [1.165, 1.54) is 51.4 Å². The van der Waals surface area contributed by atoms with Crippen LogP contribution in [-0.2, 0) is 9.53 Å². The second kappa shape index (κ2) is 5.73. The van der Waals surface area contributed by atoms with Crippen molar-refractivity contribution in [2.75, 3.05) is 0 Å². The summed E-state index contributed by atoms with van der Waals surface area (Å²) in [6.07, 6.45) is 11.7. The zero-order valence-corrected chi connectivity index (χ0v) is 16.4. The molecule has 6 fully saturated rings. The predicted octanol–water partition coefficient (Wildman–Crippen LogP) is 5.45. The van der Waals surface area contributed by atoms with E-state index in [1.807, 2.05) is 0 Å². The lowest BCUT2D eigenvalue weighted by Gasteiger charge is -2.59. The molecule has 140 valence electrons. The Labute approximate surface area is 153 Å². The molecule has 0 radical (unpaired) electrons. The second-order valence-corrected chi connectivity index (χ2v) is 10.6. The second-order valence-electron chi connectivity index (χ2n) is 10.6. The maximum absolute atomic E-state index is 13.3. The molecule has 6 saturated carbocycles. The van der Waals surface area contributed by atoms with E-state index in [-0.39, 0.29) is 17.5 Å². The monoisotopic (exact) mass is 344 g/mol. The maximum atomic E-state index is 13.3. The molecule has 0 N–H and O–H groups in total. The molecule has 6 aliphatic carbocycles. The van der Waals surface area contributed by atoms with Crippen LogP contribution in [0.25, 0.3) is 0 Å². The maximum Gasteiger partial charge on any atom is 0.309 e. The fourth-order valence-corrected chi connectivity index (χ4v) is 8.69. The first-order valence-electron chi connectivity index (χ1n) is 11.3. The Kier molecular flexibility index (Phi) is 3.81. The van der Waals surface area contributed by atoms with E-state index >= 15 is 0 Å². The molecule has 25 heavy (non-hydrogen) atoms. The SMILES string of the molecule is CCC1C2CC(C(=O)OC3(C)C4CC5CC(C4)CC3C5)C(C2)C1CC. The third-order valence-corrected chi connectivity index (χ3v) is 9.68. The first-order chi connectivity index (χ1) is 12.0. The van der Waals surface area contributed by atoms with Gasteiger partial charge in [0.1, 0.15) is 5.60 Å². The Morgan fingerprint density at radius 1 is 0.880 bits per heavy atom. The average molecular weight is 345 g/mol. The molecule has 0 spiro atoms. The number of carbonyl (C=O) groups is 1. The van der Waals surface area contributed by atoms with E-state index in [0.29, 0.717) is 17.8 Å². The number of ether oxygens (including phenoxy) is 1. The molecule has 0 aromatic rings. The minimum Gasteiger partial charge on any atom is -0.459 e. The van der Waals surface area contributed by atoms with Gasteiger partial charge in [-0.1, -0.05) is 26.7 Å². The molecule has 0 aliphatic heterocycles. The highest BCUT2D eigenvalue weighted by Gasteiger charge is 2.59. The van der Waals surface area contributed by atoms with Gasteiger partial charge in [0, 0.05) is 0 Å². The van der Waals surface area contributed by atoms with Crippen LogP contribution in [0.1, 0.15) is 78.6 Å². The summed E-state index contributed by atoms with van der Waals surface area (Å²) in [6.45, 7) is 6.98. The summed E-state index contributed by atoms with van der Waals surface area (Å²) >= 11 is 0. The first kappa shape index (κ1) is 16.6. The molecular weight excluding hydrogens is 308 g/mol. The smallest absolute Gasteiger partial charge is 0.309 e. The normalized spacial score (nSPS) is 55.7. The third-order valence-electron chi connectivity index (χ3n) is 9.68. The van der Waals surface area contributed by atoms with E-state index in [2.05, 4.69) is 20.8 Å². The molecule has 5 atom stereocenters. The van der Waals surface area contributed by atoms with Crippen LogP contribution in [0.3, 0.4) is 0 Å². The van der Waals surface area contributed by atoms with Crippen LogP contribution in [0, 0.1) is 53.3 Å². The summed E-state index contributed by atoms with van der Waals surface area (Å²) in [6, 6.07) is 0. The van der Waals surface area contributed by atoms with Crippen molar-refractivity contribution in [1.82, 2.24) is 0 Å². The Morgan fingerprint density at radius 3 is 2.04 bits per heavy atom. The van der Waals surface area contributed by atoms with Crippen molar-refractivity contribution in [2.24, 2.45) is 53.3 Å². The predicted molar refractivity (Wildman–Crippen MR) is 98.8 cm³/mol. The van der Waals surface area contributed by atoms with Gasteiger partial charge in [0.2, 0.25) is 0 Å². The largest absolute Gasteiger partial charge is 0.459 e. The highest BCUT2D eigenvalue weighted by Crippen LogP contribution is 2.61.